The van der Waals surface area contributed by atoms with Crippen LogP contribution in [0.1, 0.15) is 47.4 Å². The first-order chi connectivity index (χ1) is 20.8. The summed E-state index contributed by atoms with van der Waals surface area (Å²) in [6, 6.07) is 6.04. The van der Waals surface area contributed by atoms with Crippen molar-refractivity contribution in [1.29, 1.82) is 0 Å². The van der Waals surface area contributed by atoms with Crippen LogP contribution in [0.25, 0.3) is 32.7 Å². The van der Waals surface area contributed by atoms with E-state index in [0.717, 1.165) is 0 Å². The van der Waals surface area contributed by atoms with Gasteiger partial charge in [-0.25, -0.2) is 0 Å². The topological polar surface area (TPSA) is 170 Å². The lowest BCUT2D eigenvalue weighted by Gasteiger charge is -2.33. The predicted molar refractivity (Wildman–Crippen MR) is 157 cm³/mol. The number of carbonyl (C=O) groups is 2. The second kappa shape index (κ2) is 9.79. The molecule has 4 aromatic rings. The lowest BCUT2D eigenvalue weighted by molar-refractivity contribution is -0.123. The molecule has 4 aromatic carbocycles. The van der Waals surface area contributed by atoms with Crippen molar-refractivity contribution in [1.82, 2.24) is 0 Å². The average Bonchev–Trinajstić information content (AvgIpc) is 2.94. The largest absolute Gasteiger partial charge is 0.507 e. The minimum absolute atomic E-state index is 0.0376. The second-order valence-electron chi connectivity index (χ2n) is 11.1. The van der Waals surface area contributed by atoms with Crippen LogP contribution in [-0.4, -0.2) is 72.0 Å². The standard InChI is InChI=1S/C32H30O12/c1-31(37)11-17(34)24-16(33)7-13-8-19(40-4)26(28(42-6)21(13)29(24)43-31)23-15-9-14(39-3)10-20(41-5)22(15)30-25(27(23)36)18(35)12-32(2,38)44-30/h7-10,33,36-38H,11-12H2,1-6H3/t31-,32-/m1/s1. The average molecular weight is 607 g/mol. The van der Waals surface area contributed by atoms with Crippen molar-refractivity contribution < 1.29 is 58.4 Å². The molecule has 2 heterocycles. The molecule has 6 rings (SSSR count). The fourth-order valence-corrected chi connectivity index (χ4v) is 6.12. The summed E-state index contributed by atoms with van der Waals surface area (Å²) in [5.74, 6) is -5.26. The molecule has 0 spiro atoms. The Hall–Kier alpha value is -4.94. The molecule has 230 valence electrons. The van der Waals surface area contributed by atoms with E-state index in [1.54, 1.807) is 12.1 Å². The number of Topliss-reactive ketones (excluding diaryl/α,β-unsaturated/α-hetero) is 2. The summed E-state index contributed by atoms with van der Waals surface area (Å²) >= 11 is 0. The third kappa shape index (κ3) is 4.20. The van der Waals surface area contributed by atoms with E-state index in [1.165, 1.54) is 54.4 Å². The normalized spacial score (nSPS) is 20.9. The number of rotatable bonds is 5. The highest BCUT2D eigenvalue weighted by Gasteiger charge is 2.42. The fourth-order valence-electron chi connectivity index (χ4n) is 6.12. The van der Waals surface area contributed by atoms with Crippen molar-refractivity contribution in [2.24, 2.45) is 0 Å². The van der Waals surface area contributed by atoms with Crippen molar-refractivity contribution in [3.8, 4) is 57.1 Å². The van der Waals surface area contributed by atoms with Crippen molar-refractivity contribution in [3.63, 3.8) is 0 Å². The van der Waals surface area contributed by atoms with Crippen LogP contribution in [0.2, 0.25) is 0 Å². The van der Waals surface area contributed by atoms with Gasteiger partial charge in [-0.1, -0.05) is 0 Å². The lowest BCUT2D eigenvalue weighted by atomic mass is 9.86. The predicted octanol–water partition coefficient (Wildman–Crippen LogP) is 4.45. The quantitative estimate of drug-likeness (QED) is 0.252. The lowest BCUT2D eigenvalue weighted by Crippen LogP contribution is -2.39. The summed E-state index contributed by atoms with van der Waals surface area (Å²) in [5.41, 5.74) is -0.149. The highest BCUT2D eigenvalue weighted by atomic mass is 16.6. The maximum atomic E-state index is 13.5. The van der Waals surface area contributed by atoms with E-state index in [9.17, 15) is 30.0 Å². The highest BCUT2D eigenvalue weighted by molar-refractivity contribution is 6.19. The van der Waals surface area contributed by atoms with Gasteiger partial charge in [0.15, 0.2) is 11.6 Å². The van der Waals surface area contributed by atoms with Crippen molar-refractivity contribution in [3.05, 3.63) is 35.4 Å². The number of aliphatic hydroxyl groups is 2. The molecule has 2 aliphatic heterocycles. The minimum atomic E-state index is -1.89. The zero-order valence-corrected chi connectivity index (χ0v) is 24.8. The summed E-state index contributed by atoms with van der Waals surface area (Å²) in [6.45, 7) is 2.66. The molecule has 12 heteroatoms. The molecule has 44 heavy (non-hydrogen) atoms. The SMILES string of the molecule is COc1cc(OC)c2c3c(c(O)c(-c4c(OC)cc5cc(O)c6c(c5c4OC)O[C@@](C)(O)CC6=O)c2c1)C(=O)C[C@](C)(O)O3. The molecular weight excluding hydrogens is 576 g/mol. The Morgan fingerprint density at radius 3 is 1.84 bits per heavy atom. The first-order valence-electron chi connectivity index (χ1n) is 13.5. The van der Waals surface area contributed by atoms with Gasteiger partial charge in [0.2, 0.25) is 11.6 Å². The maximum Gasteiger partial charge on any atom is 0.212 e. The van der Waals surface area contributed by atoms with Crippen molar-refractivity contribution >= 4 is 33.1 Å². The van der Waals surface area contributed by atoms with Crippen molar-refractivity contribution in [2.45, 2.75) is 38.3 Å². The fraction of sp³-hybridized carbons (Fsp3) is 0.312. The summed E-state index contributed by atoms with van der Waals surface area (Å²) in [7, 11) is 5.59. The van der Waals surface area contributed by atoms with E-state index in [4.69, 9.17) is 28.4 Å². The number of phenolic OH excluding ortho intramolecular Hbond substituents is 2. The number of aromatic hydroxyl groups is 2. The van der Waals surface area contributed by atoms with Gasteiger partial charge in [0.1, 0.15) is 57.1 Å². The first-order valence-corrected chi connectivity index (χ1v) is 13.5. The number of ketones is 2. The van der Waals surface area contributed by atoms with Gasteiger partial charge in [0, 0.05) is 30.9 Å². The highest BCUT2D eigenvalue weighted by Crippen LogP contribution is 2.58. The Kier molecular flexibility index (Phi) is 6.49. The van der Waals surface area contributed by atoms with Gasteiger partial charge in [-0.15, -0.1) is 0 Å². The second-order valence-corrected chi connectivity index (χ2v) is 11.1. The van der Waals surface area contributed by atoms with Gasteiger partial charge in [0.25, 0.3) is 0 Å². The third-order valence-corrected chi connectivity index (χ3v) is 7.86. The minimum Gasteiger partial charge on any atom is -0.507 e. The summed E-state index contributed by atoms with van der Waals surface area (Å²) in [6.07, 6.45) is -0.840. The van der Waals surface area contributed by atoms with Crippen LogP contribution >= 0.6 is 0 Å². The smallest absolute Gasteiger partial charge is 0.212 e. The zero-order valence-electron chi connectivity index (χ0n) is 24.8. The number of methoxy groups -OCH3 is 4. The van der Waals surface area contributed by atoms with Crippen LogP contribution in [0.3, 0.4) is 0 Å². The third-order valence-electron chi connectivity index (χ3n) is 7.86. The molecule has 0 amide bonds. The van der Waals surface area contributed by atoms with Crippen LogP contribution in [0.15, 0.2) is 24.3 Å². The maximum absolute atomic E-state index is 13.5. The van der Waals surface area contributed by atoms with Gasteiger partial charge in [-0.3, -0.25) is 9.59 Å². The molecule has 0 saturated carbocycles. The van der Waals surface area contributed by atoms with Gasteiger partial charge in [-0.2, -0.15) is 0 Å². The van der Waals surface area contributed by atoms with Gasteiger partial charge in [-0.05, 0) is 23.6 Å². The Labute approximate surface area is 250 Å². The van der Waals surface area contributed by atoms with E-state index in [-0.39, 0.29) is 72.9 Å². The molecule has 0 radical (unpaired) electrons. The molecule has 0 aliphatic carbocycles. The van der Waals surface area contributed by atoms with E-state index in [2.05, 4.69) is 0 Å². The first kappa shape index (κ1) is 29.1. The number of hydrogen-bond donors (Lipinski definition) is 4. The molecule has 0 saturated heterocycles. The molecule has 4 N–H and O–H groups in total. The van der Waals surface area contributed by atoms with E-state index in [1.807, 2.05) is 0 Å². The van der Waals surface area contributed by atoms with Crippen LogP contribution < -0.4 is 28.4 Å². The zero-order chi connectivity index (χ0) is 31.9. The Morgan fingerprint density at radius 2 is 1.27 bits per heavy atom. The molecule has 0 aromatic heterocycles. The van der Waals surface area contributed by atoms with Gasteiger partial charge < -0.3 is 48.8 Å². The van der Waals surface area contributed by atoms with Crippen LogP contribution in [0.5, 0.6) is 46.0 Å². The van der Waals surface area contributed by atoms with E-state index in [0.29, 0.717) is 11.1 Å². The number of hydrogen-bond acceptors (Lipinski definition) is 12. The molecule has 2 aliphatic rings. The molecule has 0 bridgehead atoms. The van der Waals surface area contributed by atoms with Gasteiger partial charge in [0.05, 0.1) is 57.6 Å². The molecular formula is C32H30O12. The van der Waals surface area contributed by atoms with Gasteiger partial charge >= 0.3 is 0 Å². The number of ether oxygens (including phenoxy) is 6. The Bertz CT molecular complexity index is 1920. The summed E-state index contributed by atoms with van der Waals surface area (Å²) < 4.78 is 34.6. The Morgan fingerprint density at radius 1 is 0.682 bits per heavy atom. The number of carbonyl (C=O) groups excluding carboxylic acids is 2. The number of phenols is 2. The summed E-state index contributed by atoms with van der Waals surface area (Å²) in [5, 5.41) is 45.3. The van der Waals surface area contributed by atoms with Crippen LogP contribution in [0, 0.1) is 0 Å². The Balaban J connectivity index is 1.85. The number of benzene rings is 4. The molecule has 12 nitrogen and oxygen atoms in total. The number of fused-ring (bicyclic) bond motifs is 6. The van der Waals surface area contributed by atoms with E-state index >= 15 is 0 Å². The molecule has 0 fully saturated rings. The van der Waals surface area contributed by atoms with Crippen LogP contribution in [-0.2, 0) is 0 Å². The summed E-state index contributed by atoms with van der Waals surface area (Å²) in [4.78, 5) is 26.5. The molecule has 0 unspecified atom stereocenters. The van der Waals surface area contributed by atoms with Crippen molar-refractivity contribution in [2.75, 3.05) is 28.4 Å². The molecule has 2 atom stereocenters. The monoisotopic (exact) mass is 606 g/mol. The van der Waals surface area contributed by atoms with E-state index < -0.39 is 41.7 Å². The van der Waals surface area contributed by atoms with Crippen LogP contribution in [0.4, 0.5) is 0 Å².